The number of benzene rings is 4. The van der Waals surface area contributed by atoms with Crippen molar-refractivity contribution in [2.24, 2.45) is 0 Å². The van der Waals surface area contributed by atoms with Crippen LogP contribution in [0.2, 0.25) is 0 Å². The predicted molar refractivity (Wildman–Crippen MR) is 523 cm³/mol. The number of carbonyl (C=O) groups is 4. The van der Waals surface area contributed by atoms with Crippen molar-refractivity contribution in [3.05, 3.63) is 227 Å². The van der Waals surface area contributed by atoms with Gasteiger partial charge in [0, 0.05) is 198 Å². The SMILES string of the molecule is Cc1cn(-c2cc3cccc(-c4nc(C5CCOCC5)n5c4CN(C)C(=O)[C@@H]5C)c3cn2)cn1.Cc1cn(-c2cc3cccc(-c4nc(C5CCOCC5)n5c4CN(C)C(=O)[C@H]5C)c3cn2)cn1.Cc1ncc(-c2cc3cccc(-c4nc(C5CCOCC5)n5c4CN(C)C(=O)[C@@H]5C)c3cn2)s1.Cc1ncc(-c2cc3cccc(-c4nc(C5CCOCC5)n5c4CN(C)C(=O)[C@H]5C)c3cn2)s1. The van der Waals surface area contributed by atoms with Crippen molar-refractivity contribution in [3.63, 3.8) is 0 Å². The van der Waals surface area contributed by atoms with Gasteiger partial charge in [-0.3, -0.25) is 38.3 Å². The summed E-state index contributed by atoms with van der Waals surface area (Å²) in [6, 6.07) is 32.6. The molecule has 4 fully saturated rings. The molecule has 16 aromatic rings. The first-order chi connectivity index (χ1) is 66.0. The number of carbonyl (C=O) groups excluding carboxylic acids is 4. The fraction of sp³-hybridized carbons (Fsp3) is 0.385. The Morgan fingerprint density at radius 1 is 0.324 bits per heavy atom. The zero-order chi connectivity index (χ0) is 93.6. The third kappa shape index (κ3) is 16.6. The highest BCUT2D eigenvalue weighted by Gasteiger charge is 2.42. The lowest BCUT2D eigenvalue weighted by molar-refractivity contribution is -0.136. The molecular formula is C104H110N22O8S2. The van der Waals surface area contributed by atoms with Gasteiger partial charge in [-0.2, -0.15) is 0 Å². The molecule has 4 saturated heterocycles. The third-order valence-corrected chi connectivity index (χ3v) is 30.1. The Morgan fingerprint density at radius 3 is 0.838 bits per heavy atom. The summed E-state index contributed by atoms with van der Waals surface area (Å²) in [6.07, 6.45) is 26.5. The van der Waals surface area contributed by atoms with Gasteiger partial charge in [0.05, 0.1) is 114 Å². The summed E-state index contributed by atoms with van der Waals surface area (Å²) in [6.45, 7) is 24.0. The summed E-state index contributed by atoms with van der Waals surface area (Å²) < 4.78 is 35.1. The van der Waals surface area contributed by atoms with Gasteiger partial charge in [0.15, 0.2) is 0 Å². The molecule has 0 radical (unpaired) electrons. The van der Waals surface area contributed by atoms with E-state index in [1.54, 1.807) is 35.3 Å². The zero-order valence-corrected chi connectivity index (χ0v) is 80.3. The lowest BCUT2D eigenvalue weighted by Gasteiger charge is -2.32. The van der Waals surface area contributed by atoms with E-state index in [4.69, 9.17) is 58.8 Å². The molecule has 8 aliphatic rings. The molecule has 4 atom stereocenters. The predicted octanol–water partition coefficient (Wildman–Crippen LogP) is 18.0. The van der Waals surface area contributed by atoms with E-state index >= 15 is 0 Å². The van der Waals surface area contributed by atoms with Crippen molar-refractivity contribution >= 4 is 89.4 Å². The van der Waals surface area contributed by atoms with Crippen molar-refractivity contribution < 1.29 is 38.1 Å². The number of rotatable bonds is 12. The van der Waals surface area contributed by atoms with Gasteiger partial charge >= 0.3 is 0 Å². The van der Waals surface area contributed by atoms with E-state index in [1.807, 2.05) is 162 Å². The number of ether oxygens (including phenoxy) is 4. The largest absolute Gasteiger partial charge is 0.381 e. The lowest BCUT2D eigenvalue weighted by Crippen LogP contribution is -2.40. The number of likely N-dealkylation sites (N-methyl/N-ethyl adjacent to an activating group) is 4. The van der Waals surface area contributed by atoms with Crippen molar-refractivity contribution in [3.8, 4) is 77.8 Å². The van der Waals surface area contributed by atoms with Crippen LogP contribution in [0.3, 0.4) is 0 Å². The molecule has 696 valence electrons. The Labute approximate surface area is 795 Å². The number of aryl methyl sites for hydroxylation is 4. The van der Waals surface area contributed by atoms with Crippen molar-refractivity contribution in [2.45, 2.75) is 181 Å². The molecule has 32 heteroatoms. The third-order valence-electron chi connectivity index (χ3n) is 28.3. The Morgan fingerprint density at radius 2 is 0.588 bits per heavy atom. The average Bonchev–Trinajstić information content (AvgIpc) is 1.60. The van der Waals surface area contributed by atoms with Gasteiger partial charge in [-0.25, -0.2) is 49.8 Å². The first-order valence-electron chi connectivity index (χ1n) is 47.2. The summed E-state index contributed by atoms with van der Waals surface area (Å²) in [5, 5.41) is 10.7. The maximum atomic E-state index is 12.9. The van der Waals surface area contributed by atoms with E-state index in [0.29, 0.717) is 49.9 Å². The number of aromatic nitrogens is 18. The van der Waals surface area contributed by atoms with Gasteiger partial charge in [0.25, 0.3) is 0 Å². The molecule has 4 aromatic carbocycles. The van der Waals surface area contributed by atoms with Crippen LogP contribution in [-0.4, -0.2) is 211 Å². The monoisotopic (exact) mass is 1860 g/mol. The molecule has 8 aliphatic heterocycles. The topological polar surface area (TPSA) is 302 Å². The molecule has 0 bridgehead atoms. The lowest BCUT2D eigenvalue weighted by atomic mass is 9.98. The van der Waals surface area contributed by atoms with Crippen LogP contribution in [0.1, 0.15) is 194 Å². The van der Waals surface area contributed by atoms with Crippen molar-refractivity contribution in [2.75, 3.05) is 81.0 Å². The Kier molecular flexibility index (Phi) is 24.4. The van der Waals surface area contributed by atoms with Crippen LogP contribution in [0.5, 0.6) is 0 Å². The van der Waals surface area contributed by atoms with Crippen LogP contribution < -0.4 is 0 Å². The maximum absolute atomic E-state index is 12.9. The molecule has 0 spiro atoms. The van der Waals surface area contributed by atoms with Gasteiger partial charge in [0.2, 0.25) is 23.6 Å². The molecule has 30 nitrogen and oxygen atoms in total. The first kappa shape index (κ1) is 89.3. The average molecular weight is 1860 g/mol. The molecular weight excluding hydrogens is 1750 g/mol. The van der Waals surface area contributed by atoms with Gasteiger partial charge in [-0.05, 0) is 153 Å². The van der Waals surface area contributed by atoms with Gasteiger partial charge in [-0.15, -0.1) is 22.7 Å². The second-order valence-electron chi connectivity index (χ2n) is 37.2. The van der Waals surface area contributed by atoms with Crippen molar-refractivity contribution in [1.82, 2.24) is 107 Å². The van der Waals surface area contributed by atoms with Crippen LogP contribution in [0.15, 0.2) is 159 Å². The summed E-state index contributed by atoms with van der Waals surface area (Å²) in [5.74, 6) is 7.44. The number of thiazole rings is 2. The van der Waals surface area contributed by atoms with E-state index in [9.17, 15) is 19.2 Å². The molecule has 136 heavy (non-hydrogen) atoms. The molecule has 12 aromatic heterocycles. The molecule has 0 aliphatic carbocycles. The fourth-order valence-electron chi connectivity index (χ4n) is 21.1. The Balaban J connectivity index is 0.000000108. The number of pyridine rings is 4. The Hall–Kier alpha value is -13.2. The van der Waals surface area contributed by atoms with E-state index in [2.05, 4.69) is 135 Å². The van der Waals surface area contributed by atoms with Crippen LogP contribution in [0, 0.1) is 27.7 Å². The summed E-state index contributed by atoms with van der Waals surface area (Å²) in [4.78, 5) is 118. The quantitative estimate of drug-likeness (QED) is 0.110. The highest BCUT2D eigenvalue weighted by molar-refractivity contribution is 7.15. The normalized spacial score (nSPS) is 19.1. The number of amides is 4. The maximum Gasteiger partial charge on any atom is 0.245 e. The van der Waals surface area contributed by atoms with Crippen molar-refractivity contribution in [1.29, 1.82) is 0 Å². The number of nitrogens with zero attached hydrogens (tertiary/aromatic N) is 22. The second-order valence-corrected chi connectivity index (χ2v) is 39.7. The van der Waals surface area contributed by atoms with E-state index < -0.39 is 0 Å². The van der Waals surface area contributed by atoms with Gasteiger partial charge in [-0.1, -0.05) is 72.8 Å². The first-order valence-corrected chi connectivity index (χ1v) is 48.9. The highest BCUT2D eigenvalue weighted by Crippen LogP contribution is 2.47. The Bertz CT molecular complexity index is 6460. The molecule has 24 rings (SSSR count). The van der Waals surface area contributed by atoms with Gasteiger partial charge < -0.3 is 56.8 Å². The van der Waals surface area contributed by atoms with Crippen LogP contribution >= 0.6 is 22.7 Å². The standard InChI is InChI=1S/2C26H28N6O2.2C26H27N5O2S/c2*1-16-13-31(15-28-16)23-11-19-5-4-6-20(21(19)12-27-23)24-22-14-30(3)26(33)17(2)32(22)25(29-24)18-7-9-34-10-8-18;2*1-15-26(32)30(3)14-22-24(29-25(31(15)22)17-7-9-33-10-8-17)19-6-4-5-18-11-21(28-12-20(18)19)23-13-27-16(2)34-23/h2*4-6,11-13,15,17-18H,7-10,14H2,1-3H3;2*4-6,11-13,15,17H,7-10,14H2,1-3H3/t2*17-;2*15-/m1010/s1. The molecule has 0 unspecified atom stereocenters. The zero-order valence-electron chi connectivity index (χ0n) is 78.7. The van der Waals surface area contributed by atoms with Crippen LogP contribution in [0.25, 0.3) is 121 Å². The number of hydrogen-bond donors (Lipinski definition) is 0. The molecule has 0 N–H and O–H groups in total. The number of imidazole rings is 6. The molecule has 0 saturated carbocycles. The summed E-state index contributed by atoms with van der Waals surface area (Å²) >= 11 is 3.30. The molecule has 20 heterocycles. The van der Waals surface area contributed by atoms with Crippen LogP contribution in [0.4, 0.5) is 0 Å². The highest BCUT2D eigenvalue weighted by atomic mass is 32.1. The second kappa shape index (κ2) is 37.1. The number of hydrogen-bond acceptors (Lipinski definition) is 22. The minimum absolute atomic E-state index is 0.129. The van der Waals surface area contributed by atoms with Gasteiger partial charge in [0.1, 0.15) is 71.8 Å². The van der Waals surface area contributed by atoms with E-state index in [1.165, 1.54) is 0 Å². The molecule has 4 amide bonds. The van der Waals surface area contributed by atoms with E-state index in [0.717, 1.165) is 293 Å². The summed E-state index contributed by atoms with van der Waals surface area (Å²) in [7, 11) is 7.50. The smallest absolute Gasteiger partial charge is 0.245 e. The summed E-state index contributed by atoms with van der Waals surface area (Å²) in [5.41, 5.74) is 16.2. The fourth-order valence-corrected chi connectivity index (χ4v) is 22.6. The van der Waals surface area contributed by atoms with E-state index in [-0.39, 0.29) is 47.8 Å². The minimum Gasteiger partial charge on any atom is -0.381 e. The number of fused-ring (bicyclic) bond motifs is 8. The van der Waals surface area contributed by atoms with Crippen LogP contribution in [-0.2, 0) is 64.3 Å². The minimum atomic E-state index is -0.267.